The van der Waals surface area contributed by atoms with Gasteiger partial charge in [0.1, 0.15) is 0 Å². The summed E-state index contributed by atoms with van der Waals surface area (Å²) in [5, 5.41) is 0. The summed E-state index contributed by atoms with van der Waals surface area (Å²) in [6.07, 6.45) is 15.2. The zero-order valence-corrected chi connectivity index (χ0v) is 16.2. The second-order valence-electron chi connectivity index (χ2n) is 10.8. The van der Waals surface area contributed by atoms with Crippen LogP contribution in [0.2, 0.25) is 0 Å². The molecule has 136 valence electrons. The van der Waals surface area contributed by atoms with Gasteiger partial charge in [-0.3, -0.25) is 0 Å². The van der Waals surface area contributed by atoms with Gasteiger partial charge in [-0.1, -0.05) is 26.7 Å². The molecule has 0 spiro atoms. The molecule has 5 aliphatic rings. The molecule has 0 aromatic heterocycles. The Hall–Kier alpha value is -0.0400. The lowest BCUT2D eigenvalue weighted by molar-refractivity contribution is -0.0760. The van der Waals surface area contributed by atoms with Gasteiger partial charge in [-0.25, -0.2) is 0 Å². The lowest BCUT2D eigenvalue weighted by Gasteiger charge is -2.56. The van der Waals surface area contributed by atoms with Gasteiger partial charge in [-0.2, -0.15) is 0 Å². The standard InChI is InChI=1S/C23H38O/c1-4-15-5-7-17-16(13-15)6-8-19-18(17)11-12-22(2)20(19)9-10-21(22)23(3)14-24-23/h15-21H,4-14H2,1-3H3. The molecule has 1 aliphatic heterocycles. The fourth-order valence-corrected chi connectivity index (χ4v) is 8.64. The van der Waals surface area contributed by atoms with Gasteiger partial charge in [0.05, 0.1) is 12.2 Å². The summed E-state index contributed by atoms with van der Waals surface area (Å²) in [5.41, 5.74) is 0.854. The van der Waals surface area contributed by atoms with Crippen LogP contribution in [0.15, 0.2) is 0 Å². The van der Waals surface area contributed by atoms with Crippen LogP contribution in [0.5, 0.6) is 0 Å². The summed E-state index contributed by atoms with van der Waals surface area (Å²) in [4.78, 5) is 0. The molecule has 9 unspecified atom stereocenters. The molecular formula is C23H38O. The minimum atomic E-state index is 0.257. The van der Waals surface area contributed by atoms with E-state index in [1.54, 1.807) is 32.1 Å². The van der Waals surface area contributed by atoms with E-state index in [2.05, 4.69) is 20.8 Å². The van der Waals surface area contributed by atoms with Crippen LogP contribution >= 0.6 is 0 Å². The molecule has 1 heteroatoms. The molecule has 1 nitrogen and oxygen atoms in total. The first kappa shape index (κ1) is 16.2. The first-order valence-electron chi connectivity index (χ1n) is 11.2. The average molecular weight is 331 g/mol. The summed E-state index contributed by atoms with van der Waals surface area (Å²) in [6.45, 7) is 8.53. The summed E-state index contributed by atoms with van der Waals surface area (Å²) in [6, 6.07) is 0. The maximum absolute atomic E-state index is 5.94. The quantitative estimate of drug-likeness (QED) is 0.560. The molecule has 9 atom stereocenters. The van der Waals surface area contributed by atoms with Crippen molar-refractivity contribution in [1.82, 2.24) is 0 Å². The van der Waals surface area contributed by atoms with Crippen molar-refractivity contribution >= 4 is 0 Å². The summed E-state index contributed by atoms with van der Waals surface area (Å²) in [7, 11) is 0. The van der Waals surface area contributed by atoms with Crippen LogP contribution < -0.4 is 0 Å². The molecule has 5 rings (SSSR count). The molecule has 0 bridgehead atoms. The Morgan fingerprint density at radius 2 is 1.67 bits per heavy atom. The smallest absolute Gasteiger partial charge is 0.0921 e. The van der Waals surface area contributed by atoms with Crippen molar-refractivity contribution in [3.05, 3.63) is 0 Å². The Kier molecular flexibility index (Phi) is 3.69. The third-order valence-electron chi connectivity index (χ3n) is 9.98. The van der Waals surface area contributed by atoms with E-state index in [0.717, 1.165) is 48.0 Å². The second-order valence-corrected chi connectivity index (χ2v) is 10.8. The molecule has 24 heavy (non-hydrogen) atoms. The maximum atomic E-state index is 5.94. The van der Waals surface area contributed by atoms with E-state index in [0.29, 0.717) is 5.41 Å². The molecule has 1 heterocycles. The molecule has 0 aromatic rings. The highest BCUT2D eigenvalue weighted by molar-refractivity contribution is 5.12. The van der Waals surface area contributed by atoms with Crippen LogP contribution in [-0.4, -0.2) is 12.2 Å². The fourth-order valence-electron chi connectivity index (χ4n) is 8.64. The van der Waals surface area contributed by atoms with Gasteiger partial charge in [0.2, 0.25) is 0 Å². The number of hydrogen-bond donors (Lipinski definition) is 0. The van der Waals surface area contributed by atoms with Gasteiger partial charge < -0.3 is 4.74 Å². The summed E-state index contributed by atoms with van der Waals surface area (Å²) in [5.74, 6) is 7.27. The normalized spacial score (nSPS) is 59.4. The SMILES string of the molecule is CCC1CCC2C(CCC3C2CCC2(C)C3CCC2C2(C)CO2)C1. The second kappa shape index (κ2) is 5.48. The van der Waals surface area contributed by atoms with Crippen LogP contribution in [0.25, 0.3) is 0 Å². The van der Waals surface area contributed by atoms with E-state index in [9.17, 15) is 0 Å². The van der Waals surface area contributed by atoms with Crippen molar-refractivity contribution in [3.63, 3.8) is 0 Å². The third-order valence-corrected chi connectivity index (χ3v) is 9.98. The monoisotopic (exact) mass is 330 g/mol. The van der Waals surface area contributed by atoms with Crippen molar-refractivity contribution in [2.24, 2.45) is 46.8 Å². The van der Waals surface area contributed by atoms with Crippen LogP contribution in [-0.2, 0) is 4.74 Å². The van der Waals surface area contributed by atoms with Crippen LogP contribution in [0.3, 0.4) is 0 Å². The lowest BCUT2D eigenvalue weighted by Crippen LogP contribution is -2.50. The van der Waals surface area contributed by atoms with Gasteiger partial charge in [-0.05, 0) is 105 Å². The first-order chi connectivity index (χ1) is 11.5. The lowest BCUT2D eigenvalue weighted by atomic mass is 9.48. The largest absolute Gasteiger partial charge is 0.370 e. The molecule has 4 saturated carbocycles. The Balaban J connectivity index is 1.36. The van der Waals surface area contributed by atoms with Gasteiger partial charge >= 0.3 is 0 Å². The summed E-state index contributed by atoms with van der Waals surface area (Å²) >= 11 is 0. The Morgan fingerprint density at radius 3 is 2.42 bits per heavy atom. The molecule has 4 aliphatic carbocycles. The zero-order valence-electron chi connectivity index (χ0n) is 16.2. The van der Waals surface area contributed by atoms with Crippen LogP contribution in [0.4, 0.5) is 0 Å². The van der Waals surface area contributed by atoms with Gasteiger partial charge in [0.15, 0.2) is 0 Å². The molecular weight excluding hydrogens is 292 g/mol. The zero-order chi connectivity index (χ0) is 16.5. The highest BCUT2D eigenvalue weighted by atomic mass is 16.6. The van der Waals surface area contributed by atoms with Crippen LogP contribution in [0, 0.1) is 46.8 Å². The predicted molar refractivity (Wildman–Crippen MR) is 98.7 cm³/mol. The van der Waals surface area contributed by atoms with Crippen molar-refractivity contribution in [3.8, 4) is 0 Å². The van der Waals surface area contributed by atoms with E-state index in [-0.39, 0.29) is 5.60 Å². The number of hydrogen-bond acceptors (Lipinski definition) is 1. The molecule has 0 radical (unpaired) electrons. The third kappa shape index (κ3) is 2.22. The Morgan fingerprint density at radius 1 is 0.875 bits per heavy atom. The van der Waals surface area contributed by atoms with Crippen molar-refractivity contribution < 1.29 is 4.74 Å². The van der Waals surface area contributed by atoms with E-state index >= 15 is 0 Å². The highest BCUT2D eigenvalue weighted by Crippen LogP contribution is 2.67. The van der Waals surface area contributed by atoms with E-state index in [1.165, 1.54) is 32.1 Å². The number of ether oxygens (including phenoxy) is 1. The summed E-state index contributed by atoms with van der Waals surface area (Å²) < 4.78 is 5.94. The van der Waals surface area contributed by atoms with Crippen molar-refractivity contribution in [1.29, 1.82) is 0 Å². The molecule has 1 saturated heterocycles. The maximum Gasteiger partial charge on any atom is 0.0921 e. The minimum absolute atomic E-state index is 0.257. The van der Waals surface area contributed by atoms with E-state index in [1.807, 2.05) is 0 Å². The number of rotatable bonds is 2. The molecule has 0 amide bonds. The number of fused-ring (bicyclic) bond motifs is 5. The van der Waals surface area contributed by atoms with E-state index < -0.39 is 0 Å². The minimum Gasteiger partial charge on any atom is -0.370 e. The van der Waals surface area contributed by atoms with Crippen molar-refractivity contribution in [2.75, 3.05) is 6.61 Å². The highest BCUT2D eigenvalue weighted by Gasteiger charge is 2.63. The van der Waals surface area contributed by atoms with Crippen LogP contribution in [0.1, 0.15) is 85.0 Å². The topological polar surface area (TPSA) is 12.5 Å². The molecule has 5 fully saturated rings. The Labute approximate surface area is 149 Å². The first-order valence-corrected chi connectivity index (χ1v) is 11.2. The van der Waals surface area contributed by atoms with Gasteiger partial charge in [0.25, 0.3) is 0 Å². The molecule has 0 aromatic carbocycles. The average Bonchev–Trinajstić information content (AvgIpc) is 3.22. The predicted octanol–water partition coefficient (Wildman–Crippen LogP) is 6.07. The van der Waals surface area contributed by atoms with Crippen molar-refractivity contribution in [2.45, 2.75) is 90.6 Å². The Bertz CT molecular complexity index is 494. The molecule has 0 N–H and O–H groups in total. The van der Waals surface area contributed by atoms with E-state index in [4.69, 9.17) is 4.74 Å². The fraction of sp³-hybridized carbons (Fsp3) is 1.00. The van der Waals surface area contributed by atoms with Gasteiger partial charge in [-0.15, -0.1) is 0 Å². The van der Waals surface area contributed by atoms with Gasteiger partial charge in [0, 0.05) is 0 Å². The number of epoxide rings is 1.